The Hall–Kier alpha value is -2.45. The molecule has 0 unspecified atom stereocenters. The van der Waals surface area contributed by atoms with Crippen LogP contribution in [-0.2, 0) is 12.8 Å². The molecule has 0 aliphatic heterocycles. The van der Waals surface area contributed by atoms with E-state index in [4.69, 9.17) is 0 Å². The fourth-order valence-electron chi connectivity index (χ4n) is 2.99. The van der Waals surface area contributed by atoms with Crippen molar-refractivity contribution in [2.45, 2.75) is 32.6 Å². The second-order valence-electron chi connectivity index (χ2n) is 6.35. The Bertz CT molecular complexity index is 1020. The number of hydrogen-bond donors (Lipinski definition) is 1. The molecule has 0 bridgehead atoms. The molecule has 0 radical (unpaired) electrons. The predicted octanol–water partition coefficient (Wildman–Crippen LogP) is 4.41. The number of carbonyl (C=O) groups is 2. The molecule has 8 heteroatoms. The number of aryl methyl sites for hydroxylation is 2. The third kappa shape index (κ3) is 3.81. The third-order valence-electron chi connectivity index (χ3n) is 4.30. The Morgan fingerprint density at radius 1 is 1.19 bits per heavy atom. The summed E-state index contributed by atoms with van der Waals surface area (Å²) in [6.45, 7) is 1.79. The Labute approximate surface area is 163 Å². The van der Waals surface area contributed by atoms with Crippen LogP contribution in [-0.4, -0.2) is 21.7 Å². The van der Waals surface area contributed by atoms with E-state index >= 15 is 0 Å². The number of anilines is 1. The molecule has 0 atom stereocenters. The first kappa shape index (κ1) is 17.9. The topological polar surface area (TPSA) is 72.0 Å². The van der Waals surface area contributed by atoms with Crippen LogP contribution < -0.4 is 5.32 Å². The van der Waals surface area contributed by atoms with E-state index in [1.54, 1.807) is 19.1 Å². The molecule has 27 heavy (non-hydrogen) atoms. The number of hydrogen-bond acceptors (Lipinski definition) is 6. The molecule has 1 aromatic carbocycles. The molecule has 1 N–H and O–H groups in total. The lowest BCUT2D eigenvalue weighted by atomic mass is 10.0. The number of nitrogens with one attached hydrogen (secondary N) is 1. The van der Waals surface area contributed by atoms with E-state index in [0.29, 0.717) is 33.4 Å². The molecule has 1 amide bonds. The highest BCUT2D eigenvalue weighted by atomic mass is 32.1. The van der Waals surface area contributed by atoms with Gasteiger partial charge in [-0.1, -0.05) is 23.5 Å². The molecule has 3 aromatic rings. The van der Waals surface area contributed by atoms with Gasteiger partial charge < -0.3 is 0 Å². The van der Waals surface area contributed by atoms with Crippen molar-refractivity contribution in [3.8, 4) is 0 Å². The molecule has 1 aliphatic rings. The van der Waals surface area contributed by atoms with Crippen LogP contribution in [0.2, 0.25) is 0 Å². The van der Waals surface area contributed by atoms with Gasteiger partial charge in [-0.25, -0.2) is 14.4 Å². The van der Waals surface area contributed by atoms with Gasteiger partial charge in [0.05, 0.1) is 21.3 Å². The van der Waals surface area contributed by atoms with Gasteiger partial charge in [-0.15, -0.1) is 11.3 Å². The smallest absolute Gasteiger partial charge is 0.269 e. The van der Waals surface area contributed by atoms with Crippen molar-refractivity contribution in [2.75, 3.05) is 5.32 Å². The number of aromatic nitrogens is 2. The Kier molecular flexibility index (Phi) is 4.84. The van der Waals surface area contributed by atoms with Crippen molar-refractivity contribution >= 4 is 39.5 Å². The highest BCUT2D eigenvalue weighted by Crippen LogP contribution is 2.30. The predicted molar refractivity (Wildman–Crippen MR) is 103 cm³/mol. The number of Topliss-reactive ketones (excluding diaryl/α,β-unsaturated/α-hetero) is 1. The van der Waals surface area contributed by atoms with Crippen molar-refractivity contribution in [3.05, 3.63) is 61.8 Å². The number of nitrogens with zero attached hydrogens (tertiary/aromatic N) is 2. The summed E-state index contributed by atoms with van der Waals surface area (Å²) in [5.41, 5.74) is 2.36. The van der Waals surface area contributed by atoms with Crippen LogP contribution in [0.1, 0.15) is 54.1 Å². The first-order valence-electron chi connectivity index (χ1n) is 8.54. The molecule has 0 spiro atoms. The van der Waals surface area contributed by atoms with Crippen molar-refractivity contribution in [1.29, 1.82) is 0 Å². The molecular weight excluding hydrogens is 385 g/mol. The molecule has 5 nitrogen and oxygen atoms in total. The Morgan fingerprint density at radius 2 is 1.96 bits per heavy atom. The number of ketones is 1. The van der Waals surface area contributed by atoms with Gasteiger partial charge in [-0.2, -0.15) is 0 Å². The average Bonchev–Trinajstić information content (AvgIpc) is 3.21. The average molecular weight is 401 g/mol. The minimum absolute atomic E-state index is 0.102. The first-order valence-corrected chi connectivity index (χ1v) is 10.2. The monoisotopic (exact) mass is 401 g/mol. The summed E-state index contributed by atoms with van der Waals surface area (Å²) in [4.78, 5) is 34.6. The largest absolute Gasteiger partial charge is 0.297 e. The van der Waals surface area contributed by atoms with Gasteiger partial charge in [0.15, 0.2) is 10.9 Å². The lowest BCUT2D eigenvalue weighted by Gasteiger charge is -2.05. The maximum absolute atomic E-state index is 13.0. The summed E-state index contributed by atoms with van der Waals surface area (Å²) >= 11 is 2.55. The molecule has 4 rings (SSSR count). The van der Waals surface area contributed by atoms with Crippen LogP contribution >= 0.6 is 22.7 Å². The number of fused-ring (bicyclic) bond motifs is 1. The summed E-state index contributed by atoms with van der Waals surface area (Å²) in [7, 11) is 0. The Balaban J connectivity index is 1.50. The fraction of sp³-hybridized carbons (Fsp3) is 0.263. The van der Waals surface area contributed by atoms with Gasteiger partial charge in [-0.3, -0.25) is 14.9 Å². The maximum Gasteiger partial charge on any atom is 0.269 e. The lowest BCUT2D eigenvalue weighted by Crippen LogP contribution is -2.11. The third-order valence-corrected chi connectivity index (χ3v) is 6.51. The minimum Gasteiger partial charge on any atom is -0.297 e. The fourth-order valence-corrected chi connectivity index (χ4v) is 4.96. The lowest BCUT2D eigenvalue weighted by molar-refractivity contribution is 0.0975. The highest BCUT2D eigenvalue weighted by Gasteiger charge is 2.24. The van der Waals surface area contributed by atoms with E-state index < -0.39 is 0 Å². The summed E-state index contributed by atoms with van der Waals surface area (Å²) < 4.78 is 13.0. The van der Waals surface area contributed by atoms with Gasteiger partial charge in [0.25, 0.3) is 5.91 Å². The zero-order chi connectivity index (χ0) is 19.0. The summed E-state index contributed by atoms with van der Waals surface area (Å²) in [6.07, 6.45) is 2.67. The van der Waals surface area contributed by atoms with Crippen LogP contribution in [0.5, 0.6) is 0 Å². The number of carbonyl (C=O) groups excluding carboxylic acids is 2. The quantitative estimate of drug-likeness (QED) is 0.703. The first-order chi connectivity index (χ1) is 13.0. The highest BCUT2D eigenvalue weighted by molar-refractivity contribution is 7.18. The van der Waals surface area contributed by atoms with E-state index in [1.165, 1.54) is 34.8 Å². The van der Waals surface area contributed by atoms with Gasteiger partial charge in [0.1, 0.15) is 10.7 Å². The standard InChI is InChI=1S/C19H16FN3O2S2/c1-10-16(26-15(21-10)9-11-5-7-12(20)8-6-11)18(25)23-19-22-13-3-2-4-14(24)17(13)27-19/h5-8H,2-4,9H2,1H3,(H,22,23,25). The van der Waals surface area contributed by atoms with E-state index in [0.717, 1.165) is 29.1 Å². The normalized spacial score (nSPS) is 13.5. The van der Waals surface area contributed by atoms with Crippen LogP contribution in [0.25, 0.3) is 0 Å². The minimum atomic E-state index is -0.279. The van der Waals surface area contributed by atoms with Crippen molar-refractivity contribution in [2.24, 2.45) is 0 Å². The number of amides is 1. The van der Waals surface area contributed by atoms with E-state index in [2.05, 4.69) is 15.3 Å². The van der Waals surface area contributed by atoms with Crippen LogP contribution in [0.3, 0.4) is 0 Å². The summed E-state index contributed by atoms with van der Waals surface area (Å²) in [5, 5.41) is 4.04. The molecule has 0 saturated heterocycles. The summed E-state index contributed by atoms with van der Waals surface area (Å²) in [5.74, 6) is -0.447. The second-order valence-corrected chi connectivity index (χ2v) is 8.43. The van der Waals surface area contributed by atoms with Crippen molar-refractivity contribution in [3.63, 3.8) is 0 Å². The van der Waals surface area contributed by atoms with Gasteiger partial charge in [0, 0.05) is 12.8 Å². The molecule has 138 valence electrons. The summed E-state index contributed by atoms with van der Waals surface area (Å²) in [6, 6.07) is 6.25. The zero-order valence-corrected chi connectivity index (χ0v) is 16.2. The molecule has 2 heterocycles. The van der Waals surface area contributed by atoms with Crippen LogP contribution in [0, 0.1) is 12.7 Å². The van der Waals surface area contributed by atoms with Gasteiger partial charge >= 0.3 is 0 Å². The molecular formula is C19H16FN3O2S2. The zero-order valence-electron chi connectivity index (χ0n) is 14.5. The van der Waals surface area contributed by atoms with Gasteiger partial charge in [-0.05, 0) is 37.5 Å². The van der Waals surface area contributed by atoms with E-state index in [9.17, 15) is 14.0 Å². The molecule has 0 saturated carbocycles. The molecule has 1 aliphatic carbocycles. The van der Waals surface area contributed by atoms with Crippen LogP contribution in [0.15, 0.2) is 24.3 Å². The molecule has 0 fully saturated rings. The maximum atomic E-state index is 13.0. The SMILES string of the molecule is Cc1nc(Cc2ccc(F)cc2)sc1C(=O)Nc1nc2c(s1)C(=O)CCC2. The second kappa shape index (κ2) is 7.28. The van der Waals surface area contributed by atoms with E-state index in [-0.39, 0.29) is 17.5 Å². The van der Waals surface area contributed by atoms with Crippen molar-refractivity contribution in [1.82, 2.24) is 9.97 Å². The Morgan fingerprint density at radius 3 is 2.70 bits per heavy atom. The number of benzene rings is 1. The van der Waals surface area contributed by atoms with Gasteiger partial charge in [0.2, 0.25) is 0 Å². The number of rotatable bonds is 4. The van der Waals surface area contributed by atoms with Crippen molar-refractivity contribution < 1.29 is 14.0 Å². The number of halogens is 1. The molecule has 2 aromatic heterocycles. The van der Waals surface area contributed by atoms with Crippen LogP contribution in [0.4, 0.5) is 9.52 Å². The number of thiazole rings is 2. The van der Waals surface area contributed by atoms with E-state index in [1.807, 2.05) is 0 Å².